The smallest absolute Gasteiger partial charge is 0.234 e. The Kier molecular flexibility index (Phi) is 8.83. The maximum absolute atomic E-state index is 12.1. The zero-order valence-corrected chi connectivity index (χ0v) is 14.6. The molecule has 22 heavy (non-hydrogen) atoms. The molecule has 1 aromatic rings. The summed E-state index contributed by atoms with van der Waals surface area (Å²) in [5.41, 5.74) is 1.33. The van der Waals surface area contributed by atoms with Crippen LogP contribution in [0.4, 0.5) is 0 Å². The minimum atomic E-state index is 0.148. The number of hydrogen-bond acceptors (Lipinski definition) is 2. The van der Waals surface area contributed by atoms with Crippen molar-refractivity contribution < 1.29 is 4.79 Å². The molecule has 0 aliphatic carbocycles. The Balaban J connectivity index is 2.25. The van der Waals surface area contributed by atoms with E-state index in [9.17, 15) is 4.79 Å². The standard InChI is InChI=1S/C19H32N2O/c1-16(2)13-21(14-17(3)4)15-19(22)20-12-8-11-18-9-6-5-7-10-18/h5-7,9-10,16-17H,8,11-15H2,1-4H3,(H,20,22). The summed E-state index contributed by atoms with van der Waals surface area (Å²) in [6, 6.07) is 10.4. The molecule has 0 aromatic heterocycles. The van der Waals surface area contributed by atoms with E-state index in [2.05, 4.69) is 62.2 Å². The topological polar surface area (TPSA) is 32.3 Å². The molecule has 0 saturated carbocycles. The average molecular weight is 304 g/mol. The van der Waals surface area contributed by atoms with Gasteiger partial charge in [0.25, 0.3) is 0 Å². The van der Waals surface area contributed by atoms with E-state index in [0.29, 0.717) is 18.4 Å². The lowest BCUT2D eigenvalue weighted by atomic mass is 10.1. The van der Waals surface area contributed by atoms with Crippen molar-refractivity contribution in [3.05, 3.63) is 35.9 Å². The van der Waals surface area contributed by atoms with E-state index < -0.39 is 0 Å². The number of carbonyl (C=O) groups is 1. The predicted octanol–water partition coefficient (Wildman–Crippen LogP) is 3.35. The van der Waals surface area contributed by atoms with Gasteiger partial charge in [-0.2, -0.15) is 0 Å². The lowest BCUT2D eigenvalue weighted by molar-refractivity contribution is -0.122. The fourth-order valence-corrected chi connectivity index (χ4v) is 2.66. The van der Waals surface area contributed by atoms with Crippen LogP contribution < -0.4 is 5.32 Å². The summed E-state index contributed by atoms with van der Waals surface area (Å²) in [5, 5.41) is 3.05. The van der Waals surface area contributed by atoms with E-state index in [1.165, 1.54) is 5.56 Å². The molecule has 0 heterocycles. The second-order valence-electron chi connectivity index (χ2n) is 6.92. The second kappa shape index (κ2) is 10.4. The normalized spacial score (nSPS) is 11.4. The molecule has 0 fully saturated rings. The van der Waals surface area contributed by atoms with Crippen LogP contribution in [0.25, 0.3) is 0 Å². The first-order valence-electron chi connectivity index (χ1n) is 8.50. The van der Waals surface area contributed by atoms with E-state index in [0.717, 1.165) is 32.5 Å². The van der Waals surface area contributed by atoms with Gasteiger partial charge in [0, 0.05) is 19.6 Å². The summed E-state index contributed by atoms with van der Waals surface area (Å²) in [4.78, 5) is 14.3. The van der Waals surface area contributed by atoms with Gasteiger partial charge >= 0.3 is 0 Å². The number of carbonyl (C=O) groups excluding carboxylic acids is 1. The Labute approximate surface area is 136 Å². The summed E-state index contributed by atoms with van der Waals surface area (Å²) < 4.78 is 0. The van der Waals surface area contributed by atoms with Crippen molar-refractivity contribution in [1.29, 1.82) is 0 Å². The number of hydrogen-bond donors (Lipinski definition) is 1. The van der Waals surface area contributed by atoms with Crippen LogP contribution in [-0.4, -0.2) is 37.0 Å². The quantitative estimate of drug-likeness (QED) is 0.672. The van der Waals surface area contributed by atoms with Crippen molar-refractivity contribution in [2.45, 2.75) is 40.5 Å². The van der Waals surface area contributed by atoms with Crippen LogP contribution in [0.1, 0.15) is 39.7 Å². The molecule has 0 atom stereocenters. The molecule has 0 bridgehead atoms. The van der Waals surface area contributed by atoms with E-state index in [1.54, 1.807) is 0 Å². The maximum Gasteiger partial charge on any atom is 0.234 e. The minimum absolute atomic E-state index is 0.148. The van der Waals surface area contributed by atoms with Crippen molar-refractivity contribution in [2.24, 2.45) is 11.8 Å². The highest BCUT2D eigenvalue weighted by Crippen LogP contribution is 2.04. The first-order valence-corrected chi connectivity index (χ1v) is 8.50. The monoisotopic (exact) mass is 304 g/mol. The Morgan fingerprint density at radius 3 is 2.18 bits per heavy atom. The number of benzene rings is 1. The zero-order chi connectivity index (χ0) is 16.4. The van der Waals surface area contributed by atoms with Crippen molar-refractivity contribution in [3.8, 4) is 0 Å². The van der Waals surface area contributed by atoms with E-state index in [4.69, 9.17) is 0 Å². The van der Waals surface area contributed by atoms with Crippen molar-refractivity contribution >= 4 is 5.91 Å². The lowest BCUT2D eigenvalue weighted by Crippen LogP contribution is -2.41. The van der Waals surface area contributed by atoms with Crippen LogP contribution in [0.15, 0.2) is 30.3 Å². The highest BCUT2D eigenvalue weighted by molar-refractivity contribution is 5.77. The van der Waals surface area contributed by atoms with Gasteiger partial charge in [-0.25, -0.2) is 0 Å². The second-order valence-corrected chi connectivity index (χ2v) is 6.92. The first kappa shape index (κ1) is 18.7. The molecule has 1 rings (SSSR count). The van der Waals surface area contributed by atoms with Gasteiger partial charge in [0.15, 0.2) is 0 Å². The van der Waals surface area contributed by atoms with Gasteiger partial charge in [-0.05, 0) is 30.2 Å². The van der Waals surface area contributed by atoms with E-state index in [1.807, 2.05) is 6.07 Å². The molecule has 1 N–H and O–H groups in total. The number of rotatable bonds is 10. The number of aryl methyl sites for hydroxylation is 1. The third-order valence-electron chi connectivity index (χ3n) is 3.42. The van der Waals surface area contributed by atoms with Gasteiger partial charge in [-0.15, -0.1) is 0 Å². The molecule has 0 radical (unpaired) electrons. The molecular formula is C19H32N2O. The van der Waals surface area contributed by atoms with Crippen LogP contribution in [-0.2, 0) is 11.2 Å². The Morgan fingerprint density at radius 2 is 1.64 bits per heavy atom. The largest absolute Gasteiger partial charge is 0.355 e. The van der Waals surface area contributed by atoms with Crippen LogP contribution in [0.5, 0.6) is 0 Å². The third kappa shape index (κ3) is 8.83. The average Bonchev–Trinajstić information content (AvgIpc) is 2.43. The maximum atomic E-state index is 12.1. The molecule has 1 amide bonds. The van der Waals surface area contributed by atoms with Crippen molar-refractivity contribution in [3.63, 3.8) is 0 Å². The molecule has 124 valence electrons. The van der Waals surface area contributed by atoms with Gasteiger partial charge in [0.05, 0.1) is 6.54 Å². The molecular weight excluding hydrogens is 272 g/mol. The Hall–Kier alpha value is -1.35. The lowest BCUT2D eigenvalue weighted by Gasteiger charge is -2.25. The molecule has 0 aliphatic heterocycles. The molecule has 1 aromatic carbocycles. The summed E-state index contributed by atoms with van der Waals surface area (Å²) >= 11 is 0. The minimum Gasteiger partial charge on any atom is -0.355 e. The van der Waals surface area contributed by atoms with E-state index >= 15 is 0 Å². The fraction of sp³-hybridized carbons (Fsp3) is 0.632. The third-order valence-corrected chi connectivity index (χ3v) is 3.42. The molecule has 0 saturated heterocycles. The Morgan fingerprint density at radius 1 is 1.05 bits per heavy atom. The molecule has 0 spiro atoms. The molecule has 0 aliphatic rings. The van der Waals surface area contributed by atoms with Gasteiger partial charge in [-0.3, -0.25) is 9.69 Å². The molecule has 3 heteroatoms. The van der Waals surface area contributed by atoms with Crippen molar-refractivity contribution in [2.75, 3.05) is 26.2 Å². The molecule has 0 unspecified atom stereocenters. The van der Waals surface area contributed by atoms with Crippen LogP contribution in [0, 0.1) is 11.8 Å². The van der Waals surface area contributed by atoms with Crippen LogP contribution in [0.2, 0.25) is 0 Å². The van der Waals surface area contributed by atoms with Crippen LogP contribution in [0.3, 0.4) is 0 Å². The number of nitrogens with one attached hydrogen (secondary N) is 1. The predicted molar refractivity (Wildman–Crippen MR) is 93.9 cm³/mol. The first-order chi connectivity index (χ1) is 10.5. The highest BCUT2D eigenvalue weighted by atomic mass is 16.2. The summed E-state index contributed by atoms with van der Waals surface area (Å²) in [7, 11) is 0. The SMILES string of the molecule is CC(C)CN(CC(=O)NCCCc1ccccc1)CC(C)C. The zero-order valence-electron chi connectivity index (χ0n) is 14.6. The van der Waals surface area contributed by atoms with E-state index in [-0.39, 0.29) is 5.91 Å². The summed E-state index contributed by atoms with van der Waals surface area (Å²) in [5.74, 6) is 1.32. The van der Waals surface area contributed by atoms with Crippen LogP contribution >= 0.6 is 0 Å². The van der Waals surface area contributed by atoms with Gasteiger partial charge in [-0.1, -0.05) is 58.0 Å². The highest BCUT2D eigenvalue weighted by Gasteiger charge is 2.13. The van der Waals surface area contributed by atoms with Gasteiger partial charge in [0.1, 0.15) is 0 Å². The molecule has 3 nitrogen and oxygen atoms in total. The number of nitrogens with zero attached hydrogens (tertiary/aromatic N) is 1. The number of amides is 1. The Bertz CT molecular complexity index is 405. The fourth-order valence-electron chi connectivity index (χ4n) is 2.66. The van der Waals surface area contributed by atoms with Gasteiger partial charge in [0.2, 0.25) is 5.91 Å². The summed E-state index contributed by atoms with van der Waals surface area (Å²) in [6.07, 6.45) is 2.01. The summed E-state index contributed by atoms with van der Waals surface area (Å²) in [6.45, 7) is 12.0. The van der Waals surface area contributed by atoms with Gasteiger partial charge < -0.3 is 5.32 Å². The van der Waals surface area contributed by atoms with Crippen molar-refractivity contribution in [1.82, 2.24) is 10.2 Å².